The van der Waals surface area contributed by atoms with Crippen molar-refractivity contribution in [3.63, 3.8) is 0 Å². The van der Waals surface area contributed by atoms with E-state index in [-0.39, 0.29) is 22.1 Å². The summed E-state index contributed by atoms with van der Waals surface area (Å²) < 4.78 is 23.9. The van der Waals surface area contributed by atoms with Gasteiger partial charge in [0.05, 0.1) is 16.0 Å². The summed E-state index contributed by atoms with van der Waals surface area (Å²) >= 11 is 0. The maximum atomic E-state index is 11.9. The van der Waals surface area contributed by atoms with E-state index in [1.165, 1.54) is 18.2 Å². The maximum absolute atomic E-state index is 11.9. The van der Waals surface area contributed by atoms with Crippen LogP contribution in [0.4, 0.5) is 5.69 Å². The van der Waals surface area contributed by atoms with E-state index in [1.807, 2.05) is 4.83 Å². The molecule has 0 aliphatic rings. The number of hydrazone groups is 1. The van der Waals surface area contributed by atoms with Crippen LogP contribution in [-0.4, -0.2) is 29.8 Å². The van der Waals surface area contributed by atoms with Gasteiger partial charge < -0.3 is 10.2 Å². The van der Waals surface area contributed by atoms with Crippen LogP contribution in [0.2, 0.25) is 0 Å². The van der Waals surface area contributed by atoms with Gasteiger partial charge in [-0.25, -0.2) is 4.83 Å². The van der Waals surface area contributed by atoms with Crippen LogP contribution in [0.1, 0.15) is 5.56 Å². The molecule has 0 atom stereocenters. The van der Waals surface area contributed by atoms with E-state index in [0.717, 1.165) is 30.5 Å². The predicted octanol–water partition coefficient (Wildman–Crippen LogP) is 1.32. The molecule has 0 bridgehead atoms. The molecule has 3 N–H and O–H groups in total. The first-order valence-electron chi connectivity index (χ1n) is 6.11. The zero-order chi connectivity index (χ0) is 17.0. The van der Waals surface area contributed by atoms with E-state index in [1.54, 1.807) is 0 Å². The molecule has 0 saturated carbocycles. The number of hydrogen-bond acceptors (Lipinski definition) is 7. The van der Waals surface area contributed by atoms with Crippen LogP contribution in [0.15, 0.2) is 52.5 Å². The lowest BCUT2D eigenvalue weighted by atomic mass is 10.2. The molecular weight excluding hydrogens is 326 g/mol. The third-order valence-corrected chi connectivity index (χ3v) is 3.98. The third-order valence-electron chi connectivity index (χ3n) is 2.74. The fourth-order valence-corrected chi connectivity index (χ4v) is 2.38. The predicted molar refractivity (Wildman–Crippen MR) is 80.8 cm³/mol. The summed E-state index contributed by atoms with van der Waals surface area (Å²) in [5, 5.41) is 32.5. The van der Waals surface area contributed by atoms with Crippen LogP contribution in [-0.2, 0) is 10.0 Å². The van der Waals surface area contributed by atoms with Crippen LogP contribution in [0.25, 0.3) is 0 Å². The lowest BCUT2D eigenvalue weighted by Crippen LogP contribution is -2.18. The number of benzene rings is 2. The third kappa shape index (κ3) is 3.95. The van der Waals surface area contributed by atoms with Gasteiger partial charge in [0.15, 0.2) is 11.5 Å². The first kappa shape index (κ1) is 16.2. The molecule has 0 aromatic heterocycles. The van der Waals surface area contributed by atoms with Crippen molar-refractivity contribution in [3.8, 4) is 11.5 Å². The largest absolute Gasteiger partial charge is 0.504 e. The fraction of sp³-hybridized carbons (Fsp3) is 0. The second-order valence-corrected chi connectivity index (χ2v) is 6.01. The number of aromatic hydroxyl groups is 2. The molecule has 0 unspecified atom stereocenters. The van der Waals surface area contributed by atoms with Gasteiger partial charge in [0.1, 0.15) is 0 Å². The van der Waals surface area contributed by atoms with E-state index in [9.17, 15) is 23.6 Å². The Balaban J connectivity index is 2.13. The molecule has 0 aliphatic carbocycles. The Morgan fingerprint density at radius 2 is 1.74 bits per heavy atom. The second kappa shape index (κ2) is 6.32. The van der Waals surface area contributed by atoms with Gasteiger partial charge in [-0.2, -0.15) is 13.5 Å². The number of nitro benzene ring substituents is 1. The van der Waals surface area contributed by atoms with Crippen LogP contribution in [0, 0.1) is 10.1 Å². The molecule has 9 nitrogen and oxygen atoms in total. The molecular formula is C13H11N3O6S. The highest BCUT2D eigenvalue weighted by molar-refractivity contribution is 7.89. The number of nitrogens with one attached hydrogen (secondary N) is 1. The van der Waals surface area contributed by atoms with Gasteiger partial charge in [0.2, 0.25) is 0 Å². The summed E-state index contributed by atoms with van der Waals surface area (Å²) in [5.41, 5.74) is 0.124. The van der Waals surface area contributed by atoms with Gasteiger partial charge in [-0.3, -0.25) is 10.1 Å². The Hall–Kier alpha value is -3.14. The zero-order valence-corrected chi connectivity index (χ0v) is 12.3. The first-order valence-corrected chi connectivity index (χ1v) is 7.59. The highest BCUT2D eigenvalue weighted by atomic mass is 32.2. The molecule has 2 rings (SSSR count). The van der Waals surface area contributed by atoms with E-state index in [0.29, 0.717) is 5.56 Å². The lowest BCUT2D eigenvalue weighted by molar-refractivity contribution is -0.384. The molecule has 120 valence electrons. The van der Waals surface area contributed by atoms with Crippen molar-refractivity contribution in [3.05, 3.63) is 58.1 Å². The minimum atomic E-state index is -3.97. The quantitative estimate of drug-likeness (QED) is 0.325. The van der Waals surface area contributed by atoms with Crippen LogP contribution in [0.3, 0.4) is 0 Å². The van der Waals surface area contributed by atoms with Crippen LogP contribution < -0.4 is 4.83 Å². The Kier molecular flexibility index (Phi) is 4.46. The molecule has 2 aromatic rings. The fourth-order valence-electron chi connectivity index (χ4n) is 1.59. The number of hydrogen-bond donors (Lipinski definition) is 3. The molecule has 0 fully saturated rings. The number of phenols is 2. The molecule has 0 radical (unpaired) electrons. The van der Waals surface area contributed by atoms with Gasteiger partial charge in [-0.15, -0.1) is 0 Å². The summed E-state index contributed by atoms with van der Waals surface area (Å²) in [6.45, 7) is 0. The highest BCUT2D eigenvalue weighted by Gasteiger charge is 2.14. The highest BCUT2D eigenvalue weighted by Crippen LogP contribution is 2.24. The number of rotatable bonds is 5. The molecule has 10 heteroatoms. The maximum Gasteiger partial charge on any atom is 0.276 e. The Bertz CT molecular complexity index is 862. The average Bonchev–Trinajstić information content (AvgIpc) is 2.51. The minimum Gasteiger partial charge on any atom is -0.504 e. The monoisotopic (exact) mass is 337 g/mol. The molecule has 0 heterocycles. The molecule has 23 heavy (non-hydrogen) atoms. The summed E-state index contributed by atoms with van der Waals surface area (Å²) in [6, 6.07) is 8.14. The number of non-ortho nitro benzene ring substituents is 1. The smallest absolute Gasteiger partial charge is 0.276 e. The van der Waals surface area contributed by atoms with Crippen molar-refractivity contribution in [2.45, 2.75) is 4.90 Å². The molecule has 0 spiro atoms. The standard InChI is InChI=1S/C13H11N3O6S/c17-12-6-1-9(7-13(12)18)8-14-15-23(21,22)11-4-2-10(3-5-11)16(19)20/h1-8,15,17-18H. The number of sulfonamides is 1. The SMILES string of the molecule is O=[N+]([O-])c1ccc(S(=O)(=O)NN=Cc2ccc(O)c(O)c2)cc1. The van der Waals surface area contributed by atoms with Crippen molar-refractivity contribution in [2.75, 3.05) is 0 Å². The number of phenolic OH excluding ortho intramolecular Hbond substituents is 2. The van der Waals surface area contributed by atoms with Gasteiger partial charge in [0, 0.05) is 12.1 Å². The van der Waals surface area contributed by atoms with Crippen molar-refractivity contribution in [1.29, 1.82) is 0 Å². The Morgan fingerprint density at radius 1 is 1.09 bits per heavy atom. The molecule has 0 amide bonds. The second-order valence-electron chi connectivity index (χ2n) is 4.35. The topological polar surface area (TPSA) is 142 Å². The first-order chi connectivity index (χ1) is 10.8. The van der Waals surface area contributed by atoms with Crippen LogP contribution >= 0.6 is 0 Å². The van der Waals surface area contributed by atoms with Crippen molar-refractivity contribution >= 4 is 21.9 Å². The average molecular weight is 337 g/mol. The molecule has 0 aliphatic heterocycles. The summed E-state index contributed by atoms with van der Waals surface area (Å²) in [5.74, 6) is -0.680. The van der Waals surface area contributed by atoms with E-state index >= 15 is 0 Å². The van der Waals surface area contributed by atoms with E-state index in [4.69, 9.17) is 5.11 Å². The van der Waals surface area contributed by atoms with Crippen molar-refractivity contribution in [1.82, 2.24) is 4.83 Å². The Morgan fingerprint density at radius 3 is 2.30 bits per heavy atom. The van der Waals surface area contributed by atoms with Gasteiger partial charge in [-0.1, -0.05) is 0 Å². The van der Waals surface area contributed by atoms with Gasteiger partial charge in [-0.05, 0) is 35.9 Å². The van der Waals surface area contributed by atoms with E-state index in [2.05, 4.69) is 5.10 Å². The zero-order valence-electron chi connectivity index (χ0n) is 11.4. The number of nitro groups is 1. The summed E-state index contributed by atoms with van der Waals surface area (Å²) in [7, 11) is -3.97. The van der Waals surface area contributed by atoms with E-state index < -0.39 is 14.9 Å². The summed E-state index contributed by atoms with van der Waals surface area (Å²) in [4.78, 5) is 11.6. The van der Waals surface area contributed by atoms with Crippen molar-refractivity contribution < 1.29 is 23.6 Å². The molecule has 2 aromatic carbocycles. The van der Waals surface area contributed by atoms with Crippen molar-refractivity contribution in [2.24, 2.45) is 5.10 Å². The summed E-state index contributed by atoms with van der Waals surface area (Å²) in [6.07, 6.45) is 1.13. The number of nitrogens with zero attached hydrogens (tertiary/aromatic N) is 2. The van der Waals surface area contributed by atoms with Gasteiger partial charge >= 0.3 is 0 Å². The lowest BCUT2D eigenvalue weighted by Gasteiger charge is -2.03. The van der Waals surface area contributed by atoms with Gasteiger partial charge in [0.25, 0.3) is 15.7 Å². The van der Waals surface area contributed by atoms with Crippen LogP contribution in [0.5, 0.6) is 11.5 Å². The Labute approximate surface area is 130 Å². The normalized spacial score (nSPS) is 11.5. The molecule has 0 saturated heterocycles. The minimum absolute atomic E-state index is 0.186.